The Labute approximate surface area is 128 Å². The Balaban J connectivity index is 2.61. The van der Waals surface area contributed by atoms with Crippen LogP contribution < -0.4 is 5.32 Å². The van der Waals surface area contributed by atoms with Gasteiger partial charge in [0.05, 0.1) is 11.5 Å². The van der Waals surface area contributed by atoms with Crippen LogP contribution in [0.5, 0.6) is 0 Å². The first kappa shape index (κ1) is 17.0. The first-order valence-corrected chi connectivity index (χ1v) is 8.82. The van der Waals surface area contributed by atoms with Crippen molar-refractivity contribution in [3.63, 3.8) is 0 Å². The van der Waals surface area contributed by atoms with Crippen molar-refractivity contribution < 1.29 is 18.9 Å². The molecular formula is C12H14ClNO4S2. The van der Waals surface area contributed by atoms with E-state index in [-0.39, 0.29) is 17.4 Å². The number of aliphatic carboxylic acids is 1. The SMILES string of the molecule is CS(=O)Cc1cc(NC(=O)CSCC(=O)O)ccc1Cl. The lowest BCUT2D eigenvalue weighted by atomic mass is 10.2. The smallest absolute Gasteiger partial charge is 0.313 e. The number of carbonyl (C=O) groups is 2. The molecule has 0 aliphatic rings. The lowest BCUT2D eigenvalue weighted by Gasteiger charge is -2.08. The Kier molecular flexibility index (Phi) is 7.04. The molecule has 0 fully saturated rings. The molecule has 1 atom stereocenters. The van der Waals surface area contributed by atoms with Crippen LogP contribution in [0.25, 0.3) is 0 Å². The Morgan fingerprint density at radius 1 is 1.40 bits per heavy atom. The number of thioether (sulfide) groups is 1. The van der Waals surface area contributed by atoms with Gasteiger partial charge in [0.2, 0.25) is 5.91 Å². The zero-order chi connectivity index (χ0) is 15.1. The Bertz CT molecular complexity index is 536. The second kappa shape index (κ2) is 8.28. The van der Waals surface area contributed by atoms with Gasteiger partial charge >= 0.3 is 5.97 Å². The van der Waals surface area contributed by atoms with Gasteiger partial charge in [-0.15, -0.1) is 11.8 Å². The van der Waals surface area contributed by atoms with Crippen LogP contribution in [-0.2, 0) is 26.1 Å². The molecule has 1 amide bonds. The van der Waals surface area contributed by atoms with Crippen molar-refractivity contribution in [1.82, 2.24) is 0 Å². The minimum atomic E-state index is -1.02. The highest BCUT2D eigenvalue weighted by molar-refractivity contribution is 8.00. The molecule has 0 radical (unpaired) electrons. The first-order valence-electron chi connectivity index (χ1n) is 5.56. The van der Waals surface area contributed by atoms with Crippen LogP contribution in [0.1, 0.15) is 5.56 Å². The monoisotopic (exact) mass is 335 g/mol. The van der Waals surface area contributed by atoms with Crippen molar-refractivity contribution in [3.05, 3.63) is 28.8 Å². The molecule has 5 nitrogen and oxygen atoms in total. The van der Waals surface area contributed by atoms with Crippen molar-refractivity contribution in [2.24, 2.45) is 0 Å². The van der Waals surface area contributed by atoms with Gasteiger partial charge in [-0.3, -0.25) is 13.8 Å². The highest BCUT2D eigenvalue weighted by atomic mass is 35.5. The zero-order valence-corrected chi connectivity index (χ0v) is 13.1. The second-order valence-corrected chi connectivity index (χ2v) is 6.79. The summed E-state index contributed by atoms with van der Waals surface area (Å²) in [5.41, 5.74) is 1.25. The maximum absolute atomic E-state index is 11.6. The highest BCUT2D eigenvalue weighted by Gasteiger charge is 2.08. The topological polar surface area (TPSA) is 83.5 Å². The van der Waals surface area contributed by atoms with E-state index in [1.807, 2.05) is 0 Å². The normalized spacial score (nSPS) is 11.9. The molecule has 0 aliphatic heterocycles. The maximum Gasteiger partial charge on any atom is 0.313 e. The average molecular weight is 336 g/mol. The Hall–Kier alpha value is -1.05. The predicted molar refractivity (Wildman–Crippen MR) is 82.8 cm³/mol. The van der Waals surface area contributed by atoms with Gasteiger partial charge in [0.15, 0.2) is 0 Å². The van der Waals surface area contributed by atoms with Crippen LogP contribution in [0.4, 0.5) is 5.69 Å². The van der Waals surface area contributed by atoms with Gasteiger partial charge in [-0.25, -0.2) is 0 Å². The summed E-state index contributed by atoms with van der Waals surface area (Å²) in [5.74, 6) is -0.988. The molecule has 1 rings (SSSR count). The molecule has 0 aromatic heterocycles. The van der Waals surface area contributed by atoms with E-state index in [9.17, 15) is 13.8 Å². The van der Waals surface area contributed by atoms with Crippen molar-refractivity contribution >= 4 is 51.7 Å². The van der Waals surface area contributed by atoms with E-state index in [4.69, 9.17) is 16.7 Å². The molecule has 0 saturated heterocycles. The number of carboxylic acids is 1. The minimum Gasteiger partial charge on any atom is -0.481 e. The van der Waals surface area contributed by atoms with Crippen molar-refractivity contribution in [1.29, 1.82) is 0 Å². The lowest BCUT2D eigenvalue weighted by Crippen LogP contribution is -2.15. The third-order valence-electron chi connectivity index (χ3n) is 2.15. The number of hydrogen-bond donors (Lipinski definition) is 2. The summed E-state index contributed by atoms with van der Waals surface area (Å²) >= 11 is 7.00. The molecular weight excluding hydrogens is 322 g/mol. The summed E-state index contributed by atoms with van der Waals surface area (Å²) in [7, 11) is -1.02. The van der Waals surface area contributed by atoms with E-state index in [1.165, 1.54) is 0 Å². The van der Waals surface area contributed by atoms with Crippen LogP contribution in [0.3, 0.4) is 0 Å². The van der Waals surface area contributed by atoms with Gasteiger partial charge < -0.3 is 10.4 Å². The van der Waals surface area contributed by atoms with E-state index >= 15 is 0 Å². The van der Waals surface area contributed by atoms with E-state index in [2.05, 4.69) is 5.32 Å². The number of halogens is 1. The van der Waals surface area contributed by atoms with Crippen LogP contribution >= 0.6 is 23.4 Å². The Morgan fingerprint density at radius 2 is 2.10 bits per heavy atom. The predicted octanol–water partition coefficient (Wildman–Crippen LogP) is 1.97. The van der Waals surface area contributed by atoms with Crippen LogP contribution in [-0.4, -0.2) is 39.0 Å². The summed E-state index contributed by atoms with van der Waals surface area (Å²) < 4.78 is 11.2. The summed E-state index contributed by atoms with van der Waals surface area (Å²) in [6.45, 7) is 0. The lowest BCUT2D eigenvalue weighted by molar-refractivity contribution is -0.133. The molecule has 0 aliphatic carbocycles. The number of carboxylic acid groups (broad SMARTS) is 1. The van der Waals surface area contributed by atoms with Crippen molar-refractivity contribution in [2.45, 2.75) is 5.75 Å². The zero-order valence-electron chi connectivity index (χ0n) is 10.7. The molecule has 2 N–H and O–H groups in total. The number of benzene rings is 1. The van der Waals surface area contributed by atoms with E-state index < -0.39 is 16.8 Å². The average Bonchev–Trinajstić information content (AvgIpc) is 2.32. The van der Waals surface area contributed by atoms with Gasteiger partial charge in [0.25, 0.3) is 0 Å². The molecule has 0 saturated carbocycles. The number of rotatable bonds is 7. The van der Waals surface area contributed by atoms with Gasteiger partial charge in [0.1, 0.15) is 0 Å². The molecule has 110 valence electrons. The summed E-state index contributed by atoms with van der Waals surface area (Å²) in [5, 5.41) is 11.6. The molecule has 1 aromatic carbocycles. The maximum atomic E-state index is 11.6. The second-order valence-electron chi connectivity index (χ2n) is 3.96. The van der Waals surface area contributed by atoms with Crippen LogP contribution in [0.2, 0.25) is 5.02 Å². The van der Waals surface area contributed by atoms with E-state index in [1.54, 1.807) is 24.5 Å². The molecule has 20 heavy (non-hydrogen) atoms. The van der Waals surface area contributed by atoms with Crippen molar-refractivity contribution in [3.8, 4) is 0 Å². The van der Waals surface area contributed by atoms with Gasteiger partial charge in [0, 0.05) is 33.5 Å². The third kappa shape index (κ3) is 6.40. The van der Waals surface area contributed by atoms with Gasteiger partial charge in [-0.05, 0) is 23.8 Å². The largest absolute Gasteiger partial charge is 0.481 e. The minimum absolute atomic E-state index is 0.0595. The summed E-state index contributed by atoms with van der Waals surface area (Å²) in [4.78, 5) is 21.9. The fraction of sp³-hybridized carbons (Fsp3) is 0.333. The Morgan fingerprint density at radius 3 is 2.70 bits per heavy atom. The van der Waals surface area contributed by atoms with Gasteiger partial charge in [-0.1, -0.05) is 11.6 Å². The van der Waals surface area contributed by atoms with E-state index in [0.29, 0.717) is 22.0 Å². The number of carbonyl (C=O) groups excluding carboxylic acids is 1. The summed E-state index contributed by atoms with van der Waals surface area (Å²) in [6, 6.07) is 4.94. The quantitative estimate of drug-likeness (QED) is 0.796. The molecule has 0 spiro atoms. The van der Waals surface area contributed by atoms with Crippen molar-refractivity contribution in [2.75, 3.05) is 23.1 Å². The number of nitrogens with one attached hydrogen (secondary N) is 1. The van der Waals surface area contributed by atoms with Crippen LogP contribution in [0, 0.1) is 0 Å². The highest BCUT2D eigenvalue weighted by Crippen LogP contribution is 2.22. The van der Waals surface area contributed by atoms with E-state index in [0.717, 1.165) is 11.8 Å². The fourth-order valence-corrected chi connectivity index (χ4v) is 2.88. The molecule has 8 heteroatoms. The van der Waals surface area contributed by atoms with Gasteiger partial charge in [-0.2, -0.15) is 0 Å². The standard InChI is InChI=1S/C12H14ClNO4S2/c1-20(18)7-8-4-9(2-3-10(8)13)14-11(15)5-19-6-12(16)17/h2-4H,5-7H2,1H3,(H,14,15)(H,16,17). The number of amides is 1. The summed E-state index contributed by atoms with van der Waals surface area (Å²) in [6.07, 6.45) is 1.57. The fourth-order valence-electron chi connectivity index (χ4n) is 1.41. The molecule has 0 heterocycles. The third-order valence-corrected chi connectivity index (χ3v) is 4.15. The van der Waals surface area contributed by atoms with Crippen LogP contribution in [0.15, 0.2) is 18.2 Å². The molecule has 1 unspecified atom stereocenters. The number of anilines is 1. The first-order chi connectivity index (χ1) is 9.38. The number of hydrogen-bond acceptors (Lipinski definition) is 4. The molecule has 0 bridgehead atoms. The molecule has 1 aromatic rings.